The van der Waals surface area contributed by atoms with Gasteiger partial charge in [0.1, 0.15) is 11.3 Å². The molecule has 11 heteroatoms. The fourth-order valence-corrected chi connectivity index (χ4v) is 4.48. The van der Waals surface area contributed by atoms with Crippen LogP contribution in [0, 0.1) is 0 Å². The molecule has 2 aromatic heterocycles. The van der Waals surface area contributed by atoms with Crippen LogP contribution in [0.5, 0.6) is 5.75 Å². The SMILES string of the molecule is COc1cccc2c(C(=O)NC(Cc3ccccc3)c3nnn(C)n3)nn(CCN3CCOCC3)c12. The third-order valence-corrected chi connectivity index (χ3v) is 6.32. The molecule has 0 aliphatic carbocycles. The number of nitrogens with zero attached hydrogens (tertiary/aromatic N) is 7. The predicted octanol–water partition coefficient (Wildman–Crippen LogP) is 1.61. The van der Waals surface area contributed by atoms with Gasteiger partial charge in [-0.25, -0.2) is 0 Å². The molecule has 1 amide bonds. The number of methoxy groups -OCH3 is 1. The van der Waals surface area contributed by atoms with Gasteiger partial charge in [0.2, 0.25) is 0 Å². The summed E-state index contributed by atoms with van der Waals surface area (Å²) in [4.78, 5) is 17.3. The van der Waals surface area contributed by atoms with Crippen molar-refractivity contribution in [3.8, 4) is 5.75 Å². The fourth-order valence-electron chi connectivity index (χ4n) is 4.48. The lowest BCUT2D eigenvalue weighted by atomic mass is 10.1. The molecule has 1 aliphatic heterocycles. The number of rotatable bonds is 9. The number of aryl methyl sites for hydroxylation is 1. The van der Waals surface area contributed by atoms with Crippen molar-refractivity contribution >= 4 is 16.8 Å². The van der Waals surface area contributed by atoms with Crippen LogP contribution in [-0.4, -0.2) is 80.8 Å². The highest BCUT2D eigenvalue weighted by molar-refractivity contribution is 6.06. The molecule has 1 unspecified atom stereocenters. The summed E-state index contributed by atoms with van der Waals surface area (Å²) in [7, 11) is 3.33. The van der Waals surface area contributed by atoms with Gasteiger partial charge in [-0.05, 0) is 16.8 Å². The number of ether oxygens (including phenoxy) is 2. The first-order valence-electron chi connectivity index (χ1n) is 12.0. The van der Waals surface area contributed by atoms with E-state index in [9.17, 15) is 4.79 Å². The molecule has 0 spiro atoms. The lowest BCUT2D eigenvalue weighted by molar-refractivity contribution is 0.0361. The standard InChI is InChI=1S/C25H30N8O3/c1-31-29-24(27-30-31)20(17-18-7-4-3-5-8-18)26-25(34)22-19-9-6-10-21(35-2)23(19)33(28-22)12-11-32-13-15-36-16-14-32/h3-10,20H,11-17H2,1-2H3,(H,26,34). The minimum absolute atomic E-state index is 0.299. The van der Waals surface area contributed by atoms with E-state index in [4.69, 9.17) is 14.6 Å². The molecule has 3 heterocycles. The number of hydrogen-bond donors (Lipinski definition) is 1. The van der Waals surface area contributed by atoms with Gasteiger partial charge in [-0.1, -0.05) is 42.5 Å². The summed E-state index contributed by atoms with van der Waals surface area (Å²) < 4.78 is 13.0. The van der Waals surface area contributed by atoms with E-state index in [0.29, 0.717) is 30.2 Å². The number of carbonyl (C=O) groups excluding carboxylic acids is 1. The number of morpholine rings is 1. The number of tetrazole rings is 1. The summed E-state index contributed by atoms with van der Waals surface area (Å²) in [5.41, 5.74) is 2.20. The first kappa shape index (κ1) is 23.9. The maximum Gasteiger partial charge on any atom is 0.273 e. The molecule has 1 saturated heterocycles. The van der Waals surface area contributed by atoms with Crippen LogP contribution in [0.1, 0.15) is 27.9 Å². The van der Waals surface area contributed by atoms with E-state index in [0.717, 1.165) is 49.3 Å². The number of carbonyl (C=O) groups is 1. The third-order valence-electron chi connectivity index (χ3n) is 6.32. The molecule has 0 radical (unpaired) electrons. The van der Waals surface area contributed by atoms with Crippen molar-refractivity contribution in [1.82, 2.24) is 40.2 Å². The van der Waals surface area contributed by atoms with Crippen LogP contribution >= 0.6 is 0 Å². The second-order valence-electron chi connectivity index (χ2n) is 8.74. The van der Waals surface area contributed by atoms with Crippen LogP contribution in [-0.2, 0) is 24.8 Å². The summed E-state index contributed by atoms with van der Waals surface area (Å²) in [6.45, 7) is 4.67. The van der Waals surface area contributed by atoms with Gasteiger partial charge >= 0.3 is 0 Å². The van der Waals surface area contributed by atoms with E-state index in [2.05, 4.69) is 25.6 Å². The van der Waals surface area contributed by atoms with Crippen molar-refractivity contribution in [2.75, 3.05) is 40.0 Å². The number of para-hydroxylation sites is 1. The Kier molecular flexibility index (Phi) is 7.19. The molecular formula is C25H30N8O3. The number of fused-ring (bicyclic) bond motifs is 1. The minimum Gasteiger partial charge on any atom is -0.494 e. The van der Waals surface area contributed by atoms with E-state index in [1.165, 1.54) is 4.80 Å². The quantitative estimate of drug-likeness (QED) is 0.377. The molecule has 1 aliphatic rings. The van der Waals surface area contributed by atoms with Gasteiger partial charge < -0.3 is 14.8 Å². The highest BCUT2D eigenvalue weighted by Crippen LogP contribution is 2.28. The normalized spacial score (nSPS) is 15.2. The van der Waals surface area contributed by atoms with Gasteiger partial charge in [-0.2, -0.15) is 9.90 Å². The van der Waals surface area contributed by atoms with Gasteiger partial charge in [0.25, 0.3) is 5.91 Å². The molecule has 1 N–H and O–H groups in total. The van der Waals surface area contributed by atoms with Gasteiger partial charge in [0.05, 0.1) is 40.0 Å². The Bertz CT molecular complexity index is 1310. The van der Waals surface area contributed by atoms with Gasteiger partial charge in [-0.15, -0.1) is 10.2 Å². The maximum absolute atomic E-state index is 13.6. The average molecular weight is 491 g/mol. The van der Waals surface area contributed by atoms with E-state index in [1.807, 2.05) is 53.2 Å². The number of hydrogen-bond acceptors (Lipinski definition) is 8. The van der Waals surface area contributed by atoms with Crippen molar-refractivity contribution in [2.45, 2.75) is 19.0 Å². The molecule has 188 valence electrons. The molecule has 36 heavy (non-hydrogen) atoms. The topological polar surface area (TPSA) is 112 Å². The summed E-state index contributed by atoms with van der Waals surface area (Å²) in [6.07, 6.45) is 0.525. The molecule has 1 atom stereocenters. The Hall–Kier alpha value is -3.83. The molecular weight excluding hydrogens is 460 g/mol. The number of aromatic nitrogens is 6. The monoisotopic (exact) mass is 490 g/mol. The number of nitrogens with one attached hydrogen (secondary N) is 1. The van der Waals surface area contributed by atoms with Crippen molar-refractivity contribution in [3.05, 3.63) is 65.6 Å². The van der Waals surface area contributed by atoms with Gasteiger partial charge in [0, 0.05) is 31.4 Å². The maximum atomic E-state index is 13.6. The highest BCUT2D eigenvalue weighted by atomic mass is 16.5. The zero-order valence-corrected chi connectivity index (χ0v) is 20.5. The van der Waals surface area contributed by atoms with E-state index in [-0.39, 0.29) is 5.91 Å². The summed E-state index contributed by atoms with van der Waals surface area (Å²) in [5.74, 6) is 0.826. The Balaban J connectivity index is 1.44. The second kappa shape index (κ2) is 10.8. The Morgan fingerprint density at radius 2 is 1.89 bits per heavy atom. The van der Waals surface area contributed by atoms with E-state index in [1.54, 1.807) is 14.2 Å². The molecule has 4 aromatic rings. The predicted molar refractivity (Wildman–Crippen MR) is 133 cm³/mol. The average Bonchev–Trinajstić information content (AvgIpc) is 3.52. The molecule has 5 rings (SSSR count). The molecule has 11 nitrogen and oxygen atoms in total. The summed E-state index contributed by atoms with van der Waals surface area (Å²) in [6, 6.07) is 15.1. The van der Waals surface area contributed by atoms with Crippen molar-refractivity contribution in [3.63, 3.8) is 0 Å². The molecule has 2 aromatic carbocycles. The molecule has 0 bridgehead atoms. The summed E-state index contributed by atoms with van der Waals surface area (Å²) in [5, 5.41) is 21.0. The molecule has 0 saturated carbocycles. The fraction of sp³-hybridized carbons (Fsp3) is 0.400. The smallest absolute Gasteiger partial charge is 0.273 e. The van der Waals surface area contributed by atoms with Crippen LogP contribution in [0.4, 0.5) is 0 Å². The zero-order valence-electron chi connectivity index (χ0n) is 20.5. The van der Waals surface area contributed by atoms with Crippen LogP contribution in [0.3, 0.4) is 0 Å². The Morgan fingerprint density at radius 1 is 1.08 bits per heavy atom. The van der Waals surface area contributed by atoms with E-state index >= 15 is 0 Å². The molecule has 1 fully saturated rings. The van der Waals surface area contributed by atoms with Crippen LogP contribution in [0.2, 0.25) is 0 Å². The zero-order chi connectivity index (χ0) is 24.9. The summed E-state index contributed by atoms with van der Waals surface area (Å²) >= 11 is 0. The van der Waals surface area contributed by atoms with Gasteiger partial charge in [0.15, 0.2) is 11.5 Å². The van der Waals surface area contributed by atoms with Crippen LogP contribution < -0.4 is 10.1 Å². The third kappa shape index (κ3) is 5.21. The highest BCUT2D eigenvalue weighted by Gasteiger charge is 2.25. The van der Waals surface area contributed by atoms with Crippen molar-refractivity contribution in [1.29, 1.82) is 0 Å². The first-order valence-corrected chi connectivity index (χ1v) is 12.0. The second-order valence-corrected chi connectivity index (χ2v) is 8.74. The van der Waals surface area contributed by atoms with Crippen molar-refractivity contribution < 1.29 is 14.3 Å². The Morgan fingerprint density at radius 3 is 2.61 bits per heavy atom. The minimum atomic E-state index is -0.465. The van der Waals surface area contributed by atoms with Crippen LogP contribution in [0.25, 0.3) is 10.9 Å². The van der Waals surface area contributed by atoms with Crippen molar-refractivity contribution in [2.24, 2.45) is 7.05 Å². The number of benzene rings is 2. The lowest BCUT2D eigenvalue weighted by Gasteiger charge is -2.26. The largest absolute Gasteiger partial charge is 0.494 e. The van der Waals surface area contributed by atoms with Gasteiger partial charge in [-0.3, -0.25) is 14.4 Å². The lowest BCUT2D eigenvalue weighted by Crippen LogP contribution is -2.38. The first-order chi connectivity index (χ1) is 17.6. The number of amides is 1. The Labute approximate surface area is 209 Å². The van der Waals surface area contributed by atoms with Crippen LogP contribution in [0.15, 0.2) is 48.5 Å². The van der Waals surface area contributed by atoms with E-state index < -0.39 is 6.04 Å².